The van der Waals surface area contributed by atoms with Gasteiger partial charge in [-0.05, 0) is 18.7 Å². The van der Waals surface area contributed by atoms with Crippen LogP contribution in [0.1, 0.15) is 6.92 Å². The predicted molar refractivity (Wildman–Crippen MR) is 103 cm³/mol. The summed E-state index contributed by atoms with van der Waals surface area (Å²) in [5.74, 6) is -0.181. The topological polar surface area (TPSA) is 73.8 Å². The van der Waals surface area contributed by atoms with Gasteiger partial charge in [-0.3, -0.25) is 14.1 Å². The number of para-hydroxylation sites is 1. The van der Waals surface area contributed by atoms with E-state index in [4.69, 9.17) is 0 Å². The highest BCUT2D eigenvalue weighted by Gasteiger charge is 2.27. The van der Waals surface area contributed by atoms with Crippen molar-refractivity contribution in [2.75, 3.05) is 49.8 Å². The highest BCUT2D eigenvalue weighted by atomic mass is 32.2. The minimum Gasteiger partial charge on any atom is -0.339 e. The molecule has 26 heavy (non-hydrogen) atoms. The summed E-state index contributed by atoms with van der Waals surface area (Å²) in [4.78, 5) is 21.1. The molecular formula is C18H24N4O3S. The average Bonchev–Trinajstić information content (AvgIpc) is 2.65. The molecule has 0 aliphatic carbocycles. The van der Waals surface area contributed by atoms with Gasteiger partial charge in [0.25, 0.3) is 0 Å². The van der Waals surface area contributed by atoms with Gasteiger partial charge < -0.3 is 9.80 Å². The Hall–Kier alpha value is -2.19. The van der Waals surface area contributed by atoms with E-state index in [2.05, 4.69) is 16.8 Å². The molecule has 2 aromatic rings. The third-order valence-electron chi connectivity index (χ3n) is 4.73. The summed E-state index contributed by atoms with van der Waals surface area (Å²) in [6.07, 6.45) is 2.75. The number of nitrogens with zero attached hydrogens (tertiary/aromatic N) is 4. The number of benzene rings is 1. The van der Waals surface area contributed by atoms with E-state index in [1.54, 1.807) is 29.3 Å². The lowest BCUT2D eigenvalue weighted by Gasteiger charge is -2.35. The van der Waals surface area contributed by atoms with Crippen molar-refractivity contribution < 1.29 is 13.2 Å². The summed E-state index contributed by atoms with van der Waals surface area (Å²) in [5.41, 5.74) is 1.01. The molecule has 1 amide bonds. The Labute approximate surface area is 154 Å². The zero-order valence-electron chi connectivity index (χ0n) is 15.1. The van der Waals surface area contributed by atoms with E-state index in [-0.39, 0.29) is 12.5 Å². The van der Waals surface area contributed by atoms with Crippen molar-refractivity contribution in [3.63, 3.8) is 0 Å². The summed E-state index contributed by atoms with van der Waals surface area (Å²) >= 11 is 0. The van der Waals surface area contributed by atoms with Crippen LogP contribution in [0.25, 0.3) is 10.9 Å². The Morgan fingerprint density at radius 1 is 1.15 bits per heavy atom. The molecule has 8 heteroatoms. The van der Waals surface area contributed by atoms with Gasteiger partial charge in [0.1, 0.15) is 6.54 Å². The monoisotopic (exact) mass is 376 g/mol. The van der Waals surface area contributed by atoms with Crippen LogP contribution < -0.4 is 4.31 Å². The zero-order valence-corrected chi connectivity index (χ0v) is 15.9. The van der Waals surface area contributed by atoms with Gasteiger partial charge in [0.2, 0.25) is 15.9 Å². The number of piperazine rings is 1. The standard InChI is InChI=1S/C18H24N4O3S/c1-3-20-10-12-21(13-11-20)17(23)14-22(26(2,24)25)16-8-4-6-15-7-5-9-19-18(15)16/h4-9H,3,10-14H2,1-2H3. The molecule has 1 aromatic carbocycles. The number of anilines is 1. The first-order valence-electron chi connectivity index (χ1n) is 8.71. The van der Waals surface area contributed by atoms with Gasteiger partial charge in [0.05, 0.1) is 17.5 Å². The lowest BCUT2D eigenvalue weighted by atomic mass is 10.2. The number of pyridine rings is 1. The fourth-order valence-corrected chi connectivity index (χ4v) is 4.06. The highest BCUT2D eigenvalue weighted by Crippen LogP contribution is 2.26. The van der Waals surface area contributed by atoms with Gasteiger partial charge in [-0.1, -0.05) is 25.1 Å². The van der Waals surface area contributed by atoms with E-state index in [1.165, 1.54) is 0 Å². The molecular weight excluding hydrogens is 352 g/mol. The fraction of sp³-hybridized carbons (Fsp3) is 0.444. The minimum absolute atomic E-state index is 0.181. The highest BCUT2D eigenvalue weighted by molar-refractivity contribution is 7.92. The molecule has 0 spiro atoms. The maximum Gasteiger partial charge on any atom is 0.243 e. The zero-order chi connectivity index (χ0) is 18.7. The second-order valence-corrected chi connectivity index (χ2v) is 8.34. The van der Waals surface area contributed by atoms with E-state index >= 15 is 0 Å². The molecule has 0 saturated carbocycles. The number of likely N-dealkylation sites (N-methyl/N-ethyl adjacent to an activating group) is 1. The van der Waals surface area contributed by atoms with Crippen LogP contribution in [-0.2, 0) is 14.8 Å². The molecule has 3 rings (SSSR count). The van der Waals surface area contributed by atoms with Crippen molar-refractivity contribution in [3.05, 3.63) is 36.5 Å². The Morgan fingerprint density at radius 2 is 1.85 bits per heavy atom. The van der Waals surface area contributed by atoms with E-state index in [1.807, 2.05) is 12.1 Å². The predicted octanol–water partition coefficient (Wildman–Crippen LogP) is 1.16. The number of hydrogen-bond donors (Lipinski definition) is 0. The fourth-order valence-electron chi connectivity index (χ4n) is 3.21. The molecule has 0 unspecified atom stereocenters. The van der Waals surface area contributed by atoms with Gasteiger partial charge in [0, 0.05) is 37.8 Å². The summed E-state index contributed by atoms with van der Waals surface area (Å²) in [5, 5.41) is 0.836. The van der Waals surface area contributed by atoms with E-state index in [0.717, 1.165) is 35.6 Å². The molecule has 1 fully saturated rings. The molecule has 7 nitrogen and oxygen atoms in total. The molecule has 1 aliphatic heterocycles. The maximum atomic E-state index is 12.7. The van der Waals surface area contributed by atoms with Gasteiger partial charge in [-0.2, -0.15) is 0 Å². The van der Waals surface area contributed by atoms with Crippen LogP contribution in [0.2, 0.25) is 0 Å². The molecule has 1 aromatic heterocycles. The number of rotatable bonds is 5. The number of fused-ring (bicyclic) bond motifs is 1. The number of amides is 1. The third kappa shape index (κ3) is 3.96. The van der Waals surface area contributed by atoms with Crippen molar-refractivity contribution >= 4 is 32.5 Å². The Kier molecular flexibility index (Phi) is 5.43. The van der Waals surface area contributed by atoms with Crippen molar-refractivity contribution in [3.8, 4) is 0 Å². The molecule has 2 heterocycles. The normalized spacial score (nSPS) is 16.0. The molecule has 0 N–H and O–H groups in total. The van der Waals surface area contributed by atoms with Gasteiger partial charge in [0.15, 0.2) is 0 Å². The van der Waals surface area contributed by atoms with Crippen LogP contribution in [0.4, 0.5) is 5.69 Å². The number of sulfonamides is 1. The first kappa shape index (κ1) is 18.6. The van der Waals surface area contributed by atoms with Crippen LogP contribution in [-0.4, -0.2) is 74.6 Å². The van der Waals surface area contributed by atoms with E-state index < -0.39 is 10.0 Å². The lowest BCUT2D eigenvalue weighted by molar-refractivity contribution is -0.131. The van der Waals surface area contributed by atoms with E-state index in [9.17, 15) is 13.2 Å². The summed E-state index contributed by atoms with van der Waals surface area (Å²) in [6.45, 7) is 5.72. The molecule has 1 saturated heterocycles. The molecule has 0 atom stereocenters. The largest absolute Gasteiger partial charge is 0.339 e. The number of carbonyl (C=O) groups excluding carboxylic acids is 1. The van der Waals surface area contributed by atoms with Crippen molar-refractivity contribution in [2.45, 2.75) is 6.92 Å². The summed E-state index contributed by atoms with van der Waals surface area (Å²) in [7, 11) is -3.62. The Morgan fingerprint density at radius 3 is 2.50 bits per heavy atom. The van der Waals surface area contributed by atoms with Crippen molar-refractivity contribution in [1.29, 1.82) is 0 Å². The first-order valence-corrected chi connectivity index (χ1v) is 10.6. The summed E-state index contributed by atoms with van der Waals surface area (Å²) < 4.78 is 26.0. The van der Waals surface area contributed by atoms with E-state index in [0.29, 0.717) is 24.3 Å². The van der Waals surface area contributed by atoms with Gasteiger partial charge in [-0.25, -0.2) is 8.42 Å². The lowest BCUT2D eigenvalue weighted by Crippen LogP contribution is -2.51. The molecule has 0 radical (unpaired) electrons. The van der Waals surface area contributed by atoms with Crippen LogP contribution in [0.15, 0.2) is 36.5 Å². The quantitative estimate of drug-likeness (QED) is 0.783. The second kappa shape index (κ2) is 7.59. The smallest absolute Gasteiger partial charge is 0.243 e. The second-order valence-electron chi connectivity index (χ2n) is 6.44. The molecule has 1 aliphatic rings. The number of hydrogen-bond acceptors (Lipinski definition) is 5. The summed E-state index contributed by atoms with van der Waals surface area (Å²) in [6, 6.07) is 9.02. The van der Waals surface area contributed by atoms with Crippen molar-refractivity contribution in [2.24, 2.45) is 0 Å². The SMILES string of the molecule is CCN1CCN(C(=O)CN(c2cccc3cccnc23)S(C)(=O)=O)CC1. The minimum atomic E-state index is -3.62. The van der Waals surface area contributed by atoms with Crippen LogP contribution in [0, 0.1) is 0 Å². The van der Waals surface area contributed by atoms with Gasteiger partial charge >= 0.3 is 0 Å². The number of carbonyl (C=O) groups is 1. The van der Waals surface area contributed by atoms with Crippen LogP contribution >= 0.6 is 0 Å². The van der Waals surface area contributed by atoms with Crippen LogP contribution in [0.5, 0.6) is 0 Å². The Bertz CT molecular complexity index is 887. The Balaban J connectivity index is 1.87. The van der Waals surface area contributed by atoms with Crippen LogP contribution in [0.3, 0.4) is 0 Å². The molecule has 0 bridgehead atoms. The maximum absolute atomic E-state index is 12.7. The third-order valence-corrected chi connectivity index (χ3v) is 5.86. The van der Waals surface area contributed by atoms with Gasteiger partial charge in [-0.15, -0.1) is 0 Å². The van der Waals surface area contributed by atoms with Crippen molar-refractivity contribution in [1.82, 2.24) is 14.8 Å². The molecule has 140 valence electrons. The number of aromatic nitrogens is 1. The average molecular weight is 376 g/mol. The first-order chi connectivity index (χ1) is 12.4.